The first kappa shape index (κ1) is 20.5. The Kier molecular flexibility index (Phi) is 8.66. The summed E-state index contributed by atoms with van der Waals surface area (Å²) in [4.78, 5) is 26.6. The number of rotatable bonds is 10. The Hall–Kier alpha value is -1.84. The van der Waals surface area contributed by atoms with Crippen molar-refractivity contribution in [3.8, 4) is 0 Å². The Morgan fingerprint density at radius 2 is 1.85 bits per heavy atom. The van der Waals surface area contributed by atoms with Crippen LogP contribution in [0.2, 0.25) is 0 Å². The van der Waals surface area contributed by atoms with Crippen molar-refractivity contribution in [1.29, 1.82) is 0 Å². The number of amides is 2. The van der Waals surface area contributed by atoms with E-state index in [1.54, 1.807) is 0 Å². The van der Waals surface area contributed by atoms with Gasteiger partial charge in [0.25, 0.3) is 0 Å². The van der Waals surface area contributed by atoms with Crippen molar-refractivity contribution in [3.05, 3.63) is 29.8 Å². The molecule has 1 aliphatic heterocycles. The number of nitrogens with one attached hydrogen (secondary N) is 1. The number of carbonyl (C=O) groups excluding carboxylic acids is 2. The molecule has 2 rings (SSSR count). The minimum atomic E-state index is 0.0698. The first-order chi connectivity index (χ1) is 12.6. The molecule has 1 heterocycles. The summed E-state index contributed by atoms with van der Waals surface area (Å²) in [7, 11) is 0. The zero-order valence-corrected chi connectivity index (χ0v) is 16.4. The number of benzene rings is 1. The highest BCUT2D eigenvalue weighted by molar-refractivity contribution is 5.95. The average Bonchev–Trinajstić information content (AvgIpc) is 2.64. The van der Waals surface area contributed by atoms with Gasteiger partial charge in [0.1, 0.15) is 0 Å². The normalized spacial score (nSPS) is 16.2. The van der Waals surface area contributed by atoms with Crippen LogP contribution < -0.4 is 10.2 Å². The fraction of sp³-hybridized carbons (Fsp3) is 0.636. The van der Waals surface area contributed by atoms with E-state index in [1.807, 2.05) is 23.1 Å². The highest BCUT2D eigenvalue weighted by atomic mass is 16.2. The SMILES string of the molecule is CCCCCCCNC(=O)CCCC(=O)N1c2ccccc2CC[C@@H]1C. The van der Waals surface area contributed by atoms with E-state index in [0.717, 1.165) is 31.5 Å². The van der Waals surface area contributed by atoms with Crippen LogP contribution >= 0.6 is 0 Å². The zero-order valence-electron chi connectivity index (χ0n) is 16.4. The average molecular weight is 359 g/mol. The molecular weight excluding hydrogens is 324 g/mol. The number of hydrogen-bond donors (Lipinski definition) is 1. The third kappa shape index (κ3) is 6.15. The van der Waals surface area contributed by atoms with Crippen LogP contribution in [0.5, 0.6) is 0 Å². The van der Waals surface area contributed by atoms with Gasteiger partial charge in [-0.25, -0.2) is 0 Å². The number of anilines is 1. The topological polar surface area (TPSA) is 49.4 Å². The summed E-state index contributed by atoms with van der Waals surface area (Å²) < 4.78 is 0. The molecule has 26 heavy (non-hydrogen) atoms. The van der Waals surface area contributed by atoms with Crippen molar-refractivity contribution in [2.75, 3.05) is 11.4 Å². The minimum Gasteiger partial charge on any atom is -0.356 e. The summed E-state index contributed by atoms with van der Waals surface area (Å²) in [6, 6.07) is 8.40. The molecule has 0 saturated heterocycles. The second-order valence-electron chi connectivity index (χ2n) is 7.40. The lowest BCUT2D eigenvalue weighted by Gasteiger charge is -2.35. The molecular formula is C22H34N2O2. The molecule has 0 unspecified atom stereocenters. The van der Waals surface area contributed by atoms with Gasteiger partial charge in [0.05, 0.1) is 0 Å². The van der Waals surface area contributed by atoms with Crippen LogP contribution in [0.3, 0.4) is 0 Å². The van der Waals surface area contributed by atoms with Gasteiger partial charge in [-0.1, -0.05) is 50.8 Å². The number of nitrogens with zero attached hydrogens (tertiary/aromatic N) is 1. The first-order valence-corrected chi connectivity index (χ1v) is 10.3. The molecule has 2 amide bonds. The second-order valence-corrected chi connectivity index (χ2v) is 7.40. The molecule has 0 fully saturated rings. The number of unbranched alkanes of at least 4 members (excludes halogenated alkanes) is 4. The van der Waals surface area contributed by atoms with Crippen molar-refractivity contribution in [2.24, 2.45) is 0 Å². The second kappa shape index (κ2) is 11.0. The summed E-state index contributed by atoms with van der Waals surface area (Å²) in [6.45, 7) is 5.07. The summed E-state index contributed by atoms with van der Waals surface area (Å²) in [5.41, 5.74) is 2.30. The van der Waals surface area contributed by atoms with Gasteiger partial charge < -0.3 is 10.2 Å². The number of fused-ring (bicyclic) bond motifs is 1. The van der Waals surface area contributed by atoms with Gasteiger partial charge in [-0.2, -0.15) is 0 Å². The Morgan fingerprint density at radius 3 is 2.65 bits per heavy atom. The fourth-order valence-electron chi connectivity index (χ4n) is 3.63. The number of hydrogen-bond acceptors (Lipinski definition) is 2. The van der Waals surface area contributed by atoms with Gasteiger partial charge in [-0.15, -0.1) is 0 Å². The predicted molar refractivity (Wildman–Crippen MR) is 107 cm³/mol. The molecule has 0 spiro atoms. The van der Waals surface area contributed by atoms with Gasteiger partial charge in [0, 0.05) is 31.1 Å². The Morgan fingerprint density at radius 1 is 1.08 bits per heavy atom. The van der Waals surface area contributed by atoms with Gasteiger partial charge in [-0.05, 0) is 44.2 Å². The molecule has 0 bridgehead atoms. The standard InChI is InChI=1S/C22H34N2O2/c1-3-4-5-6-9-17-23-21(25)13-10-14-22(26)24-18(2)15-16-19-11-7-8-12-20(19)24/h7-8,11-12,18H,3-6,9-10,13-17H2,1-2H3,(H,23,25)/t18-/m0/s1. The van der Waals surface area contributed by atoms with E-state index < -0.39 is 0 Å². The van der Waals surface area contributed by atoms with Crippen molar-refractivity contribution in [1.82, 2.24) is 5.32 Å². The van der Waals surface area contributed by atoms with E-state index in [2.05, 4.69) is 25.2 Å². The maximum atomic E-state index is 12.7. The molecule has 1 aromatic carbocycles. The molecule has 4 nitrogen and oxygen atoms in total. The summed E-state index contributed by atoms with van der Waals surface area (Å²) in [5, 5.41) is 2.97. The lowest BCUT2D eigenvalue weighted by atomic mass is 9.96. The first-order valence-electron chi connectivity index (χ1n) is 10.3. The van der Waals surface area contributed by atoms with Gasteiger partial charge in [0.2, 0.25) is 11.8 Å². The van der Waals surface area contributed by atoms with Crippen LogP contribution in [-0.4, -0.2) is 24.4 Å². The van der Waals surface area contributed by atoms with Gasteiger partial charge >= 0.3 is 0 Å². The molecule has 1 N–H and O–H groups in total. The minimum absolute atomic E-state index is 0.0698. The molecule has 1 atom stereocenters. The van der Waals surface area contributed by atoms with Crippen molar-refractivity contribution in [3.63, 3.8) is 0 Å². The van der Waals surface area contributed by atoms with Crippen molar-refractivity contribution < 1.29 is 9.59 Å². The fourth-order valence-corrected chi connectivity index (χ4v) is 3.63. The maximum absolute atomic E-state index is 12.7. The van der Waals surface area contributed by atoms with Crippen LogP contribution in [0.1, 0.15) is 77.2 Å². The van der Waals surface area contributed by atoms with E-state index in [9.17, 15) is 9.59 Å². The monoisotopic (exact) mass is 358 g/mol. The van der Waals surface area contributed by atoms with E-state index >= 15 is 0 Å². The van der Waals surface area contributed by atoms with Crippen LogP contribution in [0.15, 0.2) is 24.3 Å². The van der Waals surface area contributed by atoms with Crippen LogP contribution in [-0.2, 0) is 16.0 Å². The Bertz CT molecular complexity index is 585. The van der Waals surface area contributed by atoms with Crippen LogP contribution in [0.25, 0.3) is 0 Å². The van der Waals surface area contributed by atoms with E-state index in [1.165, 1.54) is 31.2 Å². The van der Waals surface area contributed by atoms with Crippen LogP contribution in [0.4, 0.5) is 5.69 Å². The van der Waals surface area contributed by atoms with Crippen molar-refractivity contribution in [2.45, 2.75) is 84.1 Å². The molecule has 0 aliphatic carbocycles. The summed E-state index contributed by atoms with van der Waals surface area (Å²) in [6.07, 6.45) is 9.50. The van der Waals surface area contributed by atoms with E-state index in [4.69, 9.17) is 0 Å². The van der Waals surface area contributed by atoms with Gasteiger partial charge in [-0.3, -0.25) is 9.59 Å². The maximum Gasteiger partial charge on any atom is 0.227 e. The van der Waals surface area contributed by atoms with Crippen LogP contribution in [0, 0.1) is 0 Å². The largest absolute Gasteiger partial charge is 0.356 e. The summed E-state index contributed by atoms with van der Waals surface area (Å²) in [5.74, 6) is 0.206. The molecule has 4 heteroatoms. The molecule has 144 valence electrons. The smallest absolute Gasteiger partial charge is 0.227 e. The van der Waals surface area contributed by atoms with E-state index in [0.29, 0.717) is 19.3 Å². The number of aryl methyl sites for hydroxylation is 1. The highest BCUT2D eigenvalue weighted by Gasteiger charge is 2.27. The van der Waals surface area contributed by atoms with Gasteiger partial charge in [0.15, 0.2) is 0 Å². The lowest BCUT2D eigenvalue weighted by Crippen LogP contribution is -2.42. The number of carbonyl (C=O) groups is 2. The van der Waals surface area contributed by atoms with E-state index in [-0.39, 0.29) is 17.9 Å². The Labute approximate surface area is 158 Å². The third-order valence-electron chi connectivity index (χ3n) is 5.19. The molecule has 0 radical (unpaired) electrons. The quantitative estimate of drug-likeness (QED) is 0.621. The molecule has 1 aliphatic rings. The molecule has 1 aromatic rings. The Balaban J connectivity index is 1.69. The molecule has 0 aromatic heterocycles. The predicted octanol–water partition coefficient (Wildman–Crippen LogP) is 4.61. The highest BCUT2D eigenvalue weighted by Crippen LogP contribution is 2.31. The number of para-hydroxylation sites is 1. The summed E-state index contributed by atoms with van der Waals surface area (Å²) >= 11 is 0. The zero-order chi connectivity index (χ0) is 18.8. The third-order valence-corrected chi connectivity index (χ3v) is 5.19. The molecule has 0 saturated carbocycles. The van der Waals surface area contributed by atoms with Crippen molar-refractivity contribution >= 4 is 17.5 Å². The lowest BCUT2D eigenvalue weighted by molar-refractivity contribution is -0.121.